The molecule has 2 heterocycles. The van der Waals surface area contributed by atoms with E-state index in [1.807, 2.05) is 4.90 Å². The summed E-state index contributed by atoms with van der Waals surface area (Å²) in [5.74, 6) is 0.354. The van der Waals surface area contributed by atoms with Gasteiger partial charge in [0.05, 0.1) is 0 Å². The maximum absolute atomic E-state index is 12.6. The molecule has 0 atom stereocenters. The quantitative estimate of drug-likeness (QED) is 0.866. The van der Waals surface area contributed by atoms with Crippen molar-refractivity contribution in [1.82, 2.24) is 14.8 Å². The molecule has 1 aromatic rings. The first-order chi connectivity index (χ1) is 10.0. The molecule has 1 fully saturated rings. The summed E-state index contributed by atoms with van der Waals surface area (Å²) in [7, 11) is 0. The molecule has 1 amide bonds. The monoisotopic (exact) mass is 311 g/mol. The molecule has 0 radical (unpaired) electrons. The molecule has 0 saturated carbocycles. The van der Waals surface area contributed by atoms with Gasteiger partial charge in [-0.15, -0.1) is 0 Å². The lowest BCUT2D eigenvalue weighted by atomic mass is 10.2. The SMILES string of the molecule is CCCNc1nc(N)c(C(=O)N2CCN(C(C)C)CC2)s1. The van der Waals surface area contributed by atoms with Crippen molar-refractivity contribution in [2.75, 3.05) is 43.8 Å². The van der Waals surface area contributed by atoms with Crippen LogP contribution in [-0.2, 0) is 0 Å². The van der Waals surface area contributed by atoms with Crippen LogP contribution in [0.25, 0.3) is 0 Å². The number of nitrogen functional groups attached to an aromatic ring is 1. The molecular weight excluding hydrogens is 286 g/mol. The van der Waals surface area contributed by atoms with Crippen LogP contribution in [0.5, 0.6) is 0 Å². The fourth-order valence-electron chi connectivity index (χ4n) is 2.38. The van der Waals surface area contributed by atoms with Gasteiger partial charge in [-0.3, -0.25) is 9.69 Å². The molecule has 2 rings (SSSR count). The number of carbonyl (C=O) groups excluding carboxylic acids is 1. The van der Waals surface area contributed by atoms with Crippen LogP contribution in [0, 0.1) is 0 Å². The zero-order valence-corrected chi connectivity index (χ0v) is 13.9. The van der Waals surface area contributed by atoms with E-state index in [0.717, 1.165) is 44.3 Å². The Morgan fingerprint density at radius 1 is 1.38 bits per heavy atom. The number of carbonyl (C=O) groups is 1. The Labute approximate surface area is 130 Å². The highest BCUT2D eigenvalue weighted by atomic mass is 32.1. The summed E-state index contributed by atoms with van der Waals surface area (Å²) in [6.07, 6.45) is 1.01. The maximum atomic E-state index is 12.6. The number of piperazine rings is 1. The number of nitrogens with two attached hydrogens (primary N) is 1. The van der Waals surface area contributed by atoms with E-state index in [-0.39, 0.29) is 5.91 Å². The second-order valence-electron chi connectivity index (χ2n) is 5.58. The van der Waals surface area contributed by atoms with Gasteiger partial charge in [0, 0.05) is 38.8 Å². The van der Waals surface area contributed by atoms with Crippen LogP contribution in [0.4, 0.5) is 10.9 Å². The van der Waals surface area contributed by atoms with E-state index in [0.29, 0.717) is 16.7 Å². The molecular formula is C14H25N5OS. The van der Waals surface area contributed by atoms with Crippen molar-refractivity contribution >= 4 is 28.2 Å². The normalized spacial score (nSPS) is 16.5. The summed E-state index contributed by atoms with van der Waals surface area (Å²) < 4.78 is 0. The molecule has 21 heavy (non-hydrogen) atoms. The standard InChI is InChI=1S/C14H25N5OS/c1-4-5-16-14-17-12(15)11(21-14)13(20)19-8-6-18(7-9-19)10(2)3/h10H,4-9,15H2,1-3H3,(H,16,17). The number of aromatic nitrogens is 1. The van der Waals surface area contributed by atoms with Gasteiger partial charge in [0.25, 0.3) is 5.91 Å². The summed E-state index contributed by atoms with van der Waals surface area (Å²) in [6.45, 7) is 10.6. The molecule has 6 nitrogen and oxygen atoms in total. The molecule has 1 aliphatic heterocycles. The number of amides is 1. The largest absolute Gasteiger partial charge is 0.382 e. The number of nitrogens with zero attached hydrogens (tertiary/aromatic N) is 3. The number of anilines is 2. The van der Waals surface area contributed by atoms with Crippen molar-refractivity contribution in [3.63, 3.8) is 0 Å². The first-order valence-electron chi connectivity index (χ1n) is 7.56. The van der Waals surface area contributed by atoms with E-state index in [1.54, 1.807) is 0 Å². The third-order valence-electron chi connectivity index (χ3n) is 3.71. The molecule has 1 saturated heterocycles. The summed E-state index contributed by atoms with van der Waals surface area (Å²) in [6, 6.07) is 0.528. The van der Waals surface area contributed by atoms with E-state index in [1.165, 1.54) is 11.3 Å². The van der Waals surface area contributed by atoms with E-state index in [2.05, 4.69) is 36.0 Å². The Kier molecular flexibility index (Phi) is 5.41. The molecule has 0 aromatic carbocycles. The van der Waals surface area contributed by atoms with Crippen molar-refractivity contribution in [2.24, 2.45) is 0 Å². The van der Waals surface area contributed by atoms with Crippen molar-refractivity contribution < 1.29 is 4.79 Å². The highest BCUT2D eigenvalue weighted by Crippen LogP contribution is 2.26. The molecule has 1 aliphatic rings. The minimum atomic E-state index is 0.0120. The predicted octanol–water partition coefficient (Wildman–Crippen LogP) is 1.71. The van der Waals surface area contributed by atoms with Crippen molar-refractivity contribution in [3.05, 3.63) is 4.88 Å². The molecule has 1 aromatic heterocycles. The Morgan fingerprint density at radius 3 is 2.62 bits per heavy atom. The second-order valence-corrected chi connectivity index (χ2v) is 6.58. The first-order valence-corrected chi connectivity index (χ1v) is 8.38. The number of thiazole rings is 1. The fraction of sp³-hybridized carbons (Fsp3) is 0.714. The van der Waals surface area contributed by atoms with Crippen molar-refractivity contribution in [3.8, 4) is 0 Å². The highest BCUT2D eigenvalue weighted by Gasteiger charge is 2.26. The minimum Gasteiger partial charge on any atom is -0.382 e. The average molecular weight is 311 g/mol. The molecule has 0 unspecified atom stereocenters. The molecule has 7 heteroatoms. The van der Waals surface area contributed by atoms with Gasteiger partial charge in [-0.2, -0.15) is 0 Å². The zero-order valence-electron chi connectivity index (χ0n) is 13.1. The third kappa shape index (κ3) is 3.85. The molecule has 0 spiro atoms. The fourth-order valence-corrected chi connectivity index (χ4v) is 3.26. The average Bonchev–Trinajstić information content (AvgIpc) is 2.85. The zero-order chi connectivity index (χ0) is 15.4. The van der Waals surface area contributed by atoms with Crippen LogP contribution >= 0.6 is 11.3 Å². The summed E-state index contributed by atoms with van der Waals surface area (Å²) >= 11 is 1.36. The van der Waals surface area contributed by atoms with Crippen molar-refractivity contribution in [1.29, 1.82) is 0 Å². The van der Waals surface area contributed by atoms with Gasteiger partial charge < -0.3 is 16.0 Å². The van der Waals surface area contributed by atoms with E-state index in [4.69, 9.17) is 5.73 Å². The van der Waals surface area contributed by atoms with Crippen LogP contribution < -0.4 is 11.1 Å². The lowest BCUT2D eigenvalue weighted by Gasteiger charge is -2.36. The van der Waals surface area contributed by atoms with Crippen LogP contribution in [0.3, 0.4) is 0 Å². The van der Waals surface area contributed by atoms with Crippen molar-refractivity contribution in [2.45, 2.75) is 33.2 Å². The summed E-state index contributed by atoms with van der Waals surface area (Å²) in [4.78, 5) is 21.6. The number of hydrogen-bond acceptors (Lipinski definition) is 6. The third-order valence-corrected chi connectivity index (χ3v) is 4.72. The maximum Gasteiger partial charge on any atom is 0.267 e. The van der Waals surface area contributed by atoms with Crippen LogP contribution in [0.1, 0.15) is 36.9 Å². The Balaban J connectivity index is 1.99. The molecule has 118 valence electrons. The van der Waals surface area contributed by atoms with E-state index >= 15 is 0 Å². The van der Waals surface area contributed by atoms with E-state index < -0.39 is 0 Å². The lowest BCUT2D eigenvalue weighted by molar-refractivity contribution is 0.0601. The topological polar surface area (TPSA) is 74.5 Å². The second kappa shape index (κ2) is 7.09. The van der Waals surface area contributed by atoms with Crippen LogP contribution in [0.15, 0.2) is 0 Å². The highest BCUT2D eigenvalue weighted by molar-refractivity contribution is 7.18. The van der Waals surface area contributed by atoms with E-state index in [9.17, 15) is 4.79 Å². The van der Waals surface area contributed by atoms with Gasteiger partial charge in [0.1, 0.15) is 10.7 Å². The van der Waals surface area contributed by atoms with Crippen LogP contribution in [0.2, 0.25) is 0 Å². The number of rotatable bonds is 5. The summed E-state index contributed by atoms with van der Waals surface area (Å²) in [5, 5.41) is 3.92. The summed E-state index contributed by atoms with van der Waals surface area (Å²) in [5.41, 5.74) is 5.90. The van der Waals surface area contributed by atoms with Gasteiger partial charge in [-0.05, 0) is 20.3 Å². The Bertz CT molecular complexity index is 480. The lowest BCUT2D eigenvalue weighted by Crippen LogP contribution is -2.50. The minimum absolute atomic E-state index is 0.0120. The van der Waals surface area contributed by atoms with Gasteiger partial charge in [0.15, 0.2) is 5.13 Å². The van der Waals surface area contributed by atoms with Gasteiger partial charge in [0.2, 0.25) is 0 Å². The molecule has 0 aliphatic carbocycles. The Morgan fingerprint density at radius 2 is 2.05 bits per heavy atom. The van der Waals surface area contributed by atoms with Gasteiger partial charge >= 0.3 is 0 Å². The Hall–Kier alpha value is -1.34. The molecule has 0 bridgehead atoms. The van der Waals surface area contributed by atoms with Gasteiger partial charge in [-0.1, -0.05) is 18.3 Å². The number of nitrogens with one attached hydrogen (secondary N) is 1. The number of hydrogen-bond donors (Lipinski definition) is 2. The van der Waals surface area contributed by atoms with Gasteiger partial charge in [-0.25, -0.2) is 4.98 Å². The smallest absolute Gasteiger partial charge is 0.267 e. The predicted molar refractivity (Wildman–Crippen MR) is 87.9 cm³/mol. The van der Waals surface area contributed by atoms with Crippen LogP contribution in [-0.4, -0.2) is 59.5 Å². The first kappa shape index (κ1) is 16.0. The molecule has 3 N–H and O–H groups in total.